The largest absolute Gasteiger partial charge is 0.466 e. The molecule has 0 aliphatic heterocycles. The summed E-state index contributed by atoms with van der Waals surface area (Å²) in [6.07, 6.45) is 0. The number of alkyl halides is 6. The van der Waals surface area contributed by atoms with Gasteiger partial charge in [0.25, 0.3) is 0 Å². The lowest BCUT2D eigenvalue weighted by Crippen LogP contribution is -2.19. The summed E-state index contributed by atoms with van der Waals surface area (Å²) >= 11 is 32.0. The molecule has 0 aliphatic rings. The first-order valence-electron chi connectivity index (χ1n) is 3.20. The Morgan fingerprint density at radius 2 is 1.06 bits per heavy atom. The van der Waals surface area contributed by atoms with Crippen molar-refractivity contribution in [1.82, 2.24) is 0 Å². The maximum absolute atomic E-state index is 8.88. The molecular weight excluding hydrogens is 372 g/mol. The van der Waals surface area contributed by atoms with Gasteiger partial charge in [-0.05, 0) is 0 Å². The standard InChI is InChI=1S/C4H4Cl6O.H3O4P/c5-3(6,7)1-11-2-4(8,9)10;1-5(2,3)4/h1-2H2;(H3,1,2,3,4). The molecule has 0 saturated heterocycles. The highest BCUT2D eigenvalue weighted by Crippen LogP contribution is 2.29. The Balaban J connectivity index is 0. The fourth-order valence-corrected chi connectivity index (χ4v) is 0.745. The normalized spacial score (nSPS) is 13.1. The fraction of sp³-hybridized carbons (Fsp3) is 1.00. The minimum Gasteiger partial charge on any atom is -0.373 e. The van der Waals surface area contributed by atoms with Crippen LogP contribution in [-0.2, 0) is 9.30 Å². The van der Waals surface area contributed by atoms with Gasteiger partial charge in [-0.1, -0.05) is 69.6 Å². The molecule has 0 saturated carbocycles. The Hall–Kier alpha value is 1.81. The lowest BCUT2D eigenvalue weighted by Gasteiger charge is -2.14. The van der Waals surface area contributed by atoms with Gasteiger partial charge < -0.3 is 19.4 Å². The highest BCUT2D eigenvalue weighted by Gasteiger charge is 2.24. The van der Waals surface area contributed by atoms with E-state index in [1.165, 1.54) is 0 Å². The molecule has 0 aromatic heterocycles. The monoisotopic (exact) mass is 376 g/mol. The van der Waals surface area contributed by atoms with Crippen molar-refractivity contribution in [2.24, 2.45) is 0 Å². The third-order valence-electron chi connectivity index (χ3n) is 0.531. The third-order valence-corrected chi connectivity index (χ3v) is 1.19. The summed E-state index contributed by atoms with van der Waals surface area (Å²) in [7, 11) is -4.64. The summed E-state index contributed by atoms with van der Waals surface area (Å²) < 4.78 is 10.7. The Morgan fingerprint density at radius 1 is 0.875 bits per heavy atom. The molecular formula is C4H7Cl6O5P. The molecule has 0 spiro atoms. The lowest BCUT2D eigenvalue weighted by molar-refractivity contribution is 0.144. The van der Waals surface area contributed by atoms with Gasteiger partial charge >= 0.3 is 7.82 Å². The number of ether oxygens (including phenoxy) is 1. The summed E-state index contributed by atoms with van der Waals surface area (Å²) in [6.45, 7) is -0.211. The van der Waals surface area contributed by atoms with E-state index in [9.17, 15) is 0 Å². The summed E-state index contributed by atoms with van der Waals surface area (Å²) in [5.41, 5.74) is 0. The van der Waals surface area contributed by atoms with Crippen LogP contribution in [0.3, 0.4) is 0 Å². The first-order chi connectivity index (χ1) is 6.71. The number of hydrogen-bond donors (Lipinski definition) is 3. The maximum Gasteiger partial charge on any atom is 0.466 e. The van der Waals surface area contributed by atoms with E-state index in [-0.39, 0.29) is 13.2 Å². The van der Waals surface area contributed by atoms with Crippen LogP contribution in [0.2, 0.25) is 0 Å². The molecule has 0 aliphatic carbocycles. The molecule has 5 nitrogen and oxygen atoms in total. The molecule has 12 heteroatoms. The Morgan fingerprint density at radius 3 is 1.19 bits per heavy atom. The SMILES string of the molecule is ClC(Cl)(Cl)COCC(Cl)(Cl)Cl.O=P(O)(O)O. The summed E-state index contributed by atoms with van der Waals surface area (Å²) in [4.78, 5) is 21.6. The van der Waals surface area contributed by atoms with E-state index in [0.29, 0.717) is 0 Å². The zero-order valence-corrected chi connectivity index (χ0v) is 12.7. The molecule has 0 fully saturated rings. The summed E-state index contributed by atoms with van der Waals surface area (Å²) in [5, 5.41) is 0. The Bertz CT molecular complexity index is 208. The summed E-state index contributed by atoms with van der Waals surface area (Å²) in [6, 6.07) is 0. The van der Waals surface area contributed by atoms with Crippen LogP contribution >= 0.6 is 77.4 Å². The molecule has 0 bridgehead atoms. The van der Waals surface area contributed by atoms with Gasteiger partial charge in [-0.25, -0.2) is 4.57 Å². The second-order valence-electron chi connectivity index (χ2n) is 2.24. The topological polar surface area (TPSA) is 87.0 Å². The predicted octanol–water partition coefficient (Wildman–Crippen LogP) is 2.81. The molecule has 0 atom stereocenters. The number of halogens is 6. The Labute approximate surface area is 122 Å². The molecule has 16 heavy (non-hydrogen) atoms. The average Bonchev–Trinajstić information content (AvgIpc) is 1.74. The van der Waals surface area contributed by atoms with Gasteiger partial charge in [0.15, 0.2) is 0 Å². The van der Waals surface area contributed by atoms with Crippen LogP contribution in [0.5, 0.6) is 0 Å². The van der Waals surface area contributed by atoms with E-state index in [2.05, 4.69) is 0 Å². The van der Waals surface area contributed by atoms with E-state index in [4.69, 9.17) is 93.6 Å². The van der Waals surface area contributed by atoms with Crippen molar-refractivity contribution in [2.45, 2.75) is 7.59 Å². The van der Waals surface area contributed by atoms with Crippen molar-refractivity contribution in [1.29, 1.82) is 0 Å². The van der Waals surface area contributed by atoms with Crippen molar-refractivity contribution in [3.05, 3.63) is 0 Å². The third kappa shape index (κ3) is 36.0. The first kappa shape index (κ1) is 20.1. The molecule has 0 heterocycles. The van der Waals surface area contributed by atoms with Crippen LogP contribution in [0.25, 0.3) is 0 Å². The number of phosphoric acid groups is 1. The maximum atomic E-state index is 8.88. The van der Waals surface area contributed by atoms with Gasteiger partial charge in [-0.3, -0.25) is 0 Å². The zero-order valence-electron chi connectivity index (χ0n) is 7.29. The van der Waals surface area contributed by atoms with Crippen LogP contribution in [0.1, 0.15) is 0 Å². The molecule has 3 N–H and O–H groups in total. The van der Waals surface area contributed by atoms with Gasteiger partial charge in [0, 0.05) is 0 Å². The fourth-order valence-electron chi connectivity index (χ4n) is 0.282. The number of hydrogen-bond acceptors (Lipinski definition) is 2. The molecule has 0 amide bonds. The molecule has 100 valence electrons. The van der Waals surface area contributed by atoms with Gasteiger partial charge in [-0.15, -0.1) is 0 Å². The highest BCUT2D eigenvalue weighted by molar-refractivity contribution is 7.45. The van der Waals surface area contributed by atoms with Crippen LogP contribution < -0.4 is 0 Å². The van der Waals surface area contributed by atoms with Crippen LogP contribution in [-0.4, -0.2) is 35.5 Å². The van der Waals surface area contributed by atoms with Crippen molar-refractivity contribution in [3.63, 3.8) is 0 Å². The minimum absolute atomic E-state index is 0.106. The van der Waals surface area contributed by atoms with E-state index in [1.807, 2.05) is 0 Å². The van der Waals surface area contributed by atoms with E-state index < -0.39 is 15.4 Å². The van der Waals surface area contributed by atoms with E-state index in [0.717, 1.165) is 0 Å². The van der Waals surface area contributed by atoms with Gasteiger partial charge in [0.1, 0.15) is 0 Å². The van der Waals surface area contributed by atoms with Gasteiger partial charge in [-0.2, -0.15) is 0 Å². The van der Waals surface area contributed by atoms with Crippen LogP contribution in [0.4, 0.5) is 0 Å². The molecule has 0 radical (unpaired) electrons. The minimum atomic E-state index is -4.64. The average molecular weight is 379 g/mol. The van der Waals surface area contributed by atoms with E-state index in [1.54, 1.807) is 0 Å². The van der Waals surface area contributed by atoms with Crippen molar-refractivity contribution in [2.75, 3.05) is 13.2 Å². The second-order valence-corrected chi connectivity index (χ2v) is 8.30. The molecule has 0 unspecified atom stereocenters. The predicted molar refractivity (Wildman–Crippen MR) is 65.7 cm³/mol. The van der Waals surface area contributed by atoms with Crippen LogP contribution in [0.15, 0.2) is 0 Å². The van der Waals surface area contributed by atoms with Crippen molar-refractivity contribution >= 4 is 77.4 Å². The number of rotatable bonds is 2. The smallest absolute Gasteiger partial charge is 0.373 e. The molecule has 0 aromatic carbocycles. The Kier molecular flexibility index (Phi) is 10.2. The second kappa shape index (κ2) is 8.08. The summed E-state index contributed by atoms with van der Waals surface area (Å²) in [5.74, 6) is 0. The van der Waals surface area contributed by atoms with Crippen LogP contribution in [0, 0.1) is 0 Å². The van der Waals surface area contributed by atoms with Crippen molar-refractivity contribution < 1.29 is 24.0 Å². The highest BCUT2D eigenvalue weighted by atomic mass is 35.6. The van der Waals surface area contributed by atoms with Gasteiger partial charge in [0.05, 0.1) is 13.2 Å². The first-order valence-corrected chi connectivity index (χ1v) is 7.03. The molecule has 0 aromatic rings. The lowest BCUT2D eigenvalue weighted by atomic mass is 10.8. The van der Waals surface area contributed by atoms with Crippen molar-refractivity contribution in [3.8, 4) is 0 Å². The zero-order chi connectivity index (χ0) is 13.6. The molecule has 0 rings (SSSR count). The van der Waals surface area contributed by atoms with Gasteiger partial charge in [0.2, 0.25) is 7.59 Å². The quantitative estimate of drug-likeness (QED) is 0.508. The van der Waals surface area contributed by atoms with E-state index >= 15 is 0 Å².